The highest BCUT2D eigenvalue weighted by atomic mass is 35.5. The maximum absolute atomic E-state index is 12.2. The molecule has 0 aliphatic rings. The van der Waals surface area contributed by atoms with Gasteiger partial charge in [-0.3, -0.25) is 4.79 Å². The van der Waals surface area contributed by atoms with Gasteiger partial charge in [-0.15, -0.1) is 0 Å². The van der Waals surface area contributed by atoms with Crippen LogP contribution in [-0.2, 0) is 4.79 Å². The number of thioether (sulfide) groups is 1. The number of nitrogens with one attached hydrogen (secondary N) is 1. The largest absolute Gasteiger partial charge is 0.433 e. The summed E-state index contributed by atoms with van der Waals surface area (Å²) < 4.78 is 29.3. The van der Waals surface area contributed by atoms with Gasteiger partial charge in [0.25, 0.3) is 0 Å². The zero-order valence-electron chi connectivity index (χ0n) is 13.5. The summed E-state index contributed by atoms with van der Waals surface area (Å²) in [6, 6.07) is 4.08. The molecule has 24 heavy (non-hydrogen) atoms. The van der Waals surface area contributed by atoms with E-state index in [1.54, 1.807) is 6.92 Å². The fourth-order valence-electron chi connectivity index (χ4n) is 1.78. The summed E-state index contributed by atoms with van der Waals surface area (Å²) in [7, 11) is 0. The summed E-state index contributed by atoms with van der Waals surface area (Å²) >= 11 is 12.5. The second-order valence-electron chi connectivity index (χ2n) is 4.71. The Balaban J connectivity index is 2.67. The van der Waals surface area contributed by atoms with E-state index in [1.807, 2.05) is 18.7 Å². The van der Waals surface area contributed by atoms with Crippen LogP contribution in [0, 0.1) is 0 Å². The van der Waals surface area contributed by atoms with E-state index in [2.05, 4.69) is 10.1 Å². The molecule has 0 saturated heterocycles. The summed E-state index contributed by atoms with van der Waals surface area (Å²) in [5.74, 6) is -0.400. The molecule has 134 valence electrons. The average Bonchev–Trinajstić information content (AvgIpc) is 2.50. The molecule has 0 aromatic heterocycles. The van der Waals surface area contributed by atoms with Crippen molar-refractivity contribution in [1.29, 1.82) is 0 Å². The molecule has 4 nitrogen and oxygen atoms in total. The molecule has 0 bridgehead atoms. The number of halogens is 3. The highest BCUT2D eigenvalue weighted by Gasteiger charge is 2.19. The van der Waals surface area contributed by atoms with Crippen molar-refractivity contribution in [3.8, 4) is 5.75 Å². The summed E-state index contributed by atoms with van der Waals surface area (Å²) in [6.45, 7) is 4.32. The molecular formula is C15H19ClF2N2O2S2. The fraction of sp³-hybridized carbons (Fsp3) is 0.467. The summed E-state index contributed by atoms with van der Waals surface area (Å²) in [5, 5.41) is 2.26. The minimum atomic E-state index is -2.96. The Hall–Kier alpha value is -1.12. The monoisotopic (exact) mass is 396 g/mol. The van der Waals surface area contributed by atoms with Crippen molar-refractivity contribution in [2.24, 2.45) is 0 Å². The Morgan fingerprint density at radius 1 is 1.42 bits per heavy atom. The number of hydrogen-bond donors (Lipinski definition) is 1. The van der Waals surface area contributed by atoms with Crippen LogP contribution in [0.5, 0.6) is 5.75 Å². The minimum Gasteiger partial charge on any atom is -0.433 e. The number of carbonyl (C=O) groups excluding carboxylic acids is 1. The standard InChI is InChI=1S/C15H19ClF2N2O2S2/c1-4-20(5-2)15(23)24-9(3)13(21)19-10-6-7-12(11(16)8-10)22-14(17)18/h6-9,14H,4-5H2,1-3H3,(H,19,21). The van der Waals surface area contributed by atoms with E-state index in [0.717, 1.165) is 13.1 Å². The third-order valence-corrected chi connectivity index (χ3v) is 4.95. The molecule has 9 heteroatoms. The number of anilines is 1. The van der Waals surface area contributed by atoms with Gasteiger partial charge in [0.05, 0.1) is 10.3 Å². The van der Waals surface area contributed by atoms with Crippen molar-refractivity contribution in [1.82, 2.24) is 4.90 Å². The van der Waals surface area contributed by atoms with Crippen LogP contribution in [0.25, 0.3) is 0 Å². The Bertz CT molecular complexity index is 587. The highest BCUT2D eigenvalue weighted by molar-refractivity contribution is 8.23. The van der Waals surface area contributed by atoms with Gasteiger partial charge in [0.15, 0.2) is 0 Å². The molecule has 1 rings (SSSR count). The van der Waals surface area contributed by atoms with Crippen molar-refractivity contribution < 1.29 is 18.3 Å². The number of ether oxygens (including phenoxy) is 1. The highest BCUT2D eigenvalue weighted by Crippen LogP contribution is 2.29. The number of thiocarbonyl (C=S) groups is 1. The van der Waals surface area contributed by atoms with Crippen LogP contribution in [-0.4, -0.2) is 40.1 Å². The molecule has 0 saturated carbocycles. The van der Waals surface area contributed by atoms with Crippen LogP contribution in [0.4, 0.5) is 14.5 Å². The quantitative estimate of drug-likeness (QED) is 0.680. The normalized spacial score (nSPS) is 12.0. The first kappa shape index (κ1) is 20.9. The molecule has 1 amide bonds. The summed E-state index contributed by atoms with van der Waals surface area (Å²) in [5.41, 5.74) is 0.396. The van der Waals surface area contributed by atoms with Crippen molar-refractivity contribution in [2.75, 3.05) is 18.4 Å². The molecule has 1 unspecified atom stereocenters. The Labute approximate surface area is 154 Å². The number of rotatable bonds is 7. The maximum Gasteiger partial charge on any atom is 0.387 e. The van der Waals surface area contributed by atoms with Crippen LogP contribution in [0.2, 0.25) is 5.02 Å². The lowest BCUT2D eigenvalue weighted by molar-refractivity contribution is -0.115. The second-order valence-corrected chi connectivity index (χ2v) is 7.09. The predicted octanol–water partition coefficient (Wildman–Crippen LogP) is 4.63. The molecule has 0 fully saturated rings. The molecule has 1 N–H and O–H groups in total. The Morgan fingerprint density at radius 2 is 2.04 bits per heavy atom. The topological polar surface area (TPSA) is 41.6 Å². The van der Waals surface area contributed by atoms with Gasteiger partial charge in [0.1, 0.15) is 10.1 Å². The molecule has 0 heterocycles. The predicted molar refractivity (Wildman–Crippen MR) is 99.3 cm³/mol. The zero-order valence-corrected chi connectivity index (χ0v) is 15.9. The third kappa shape index (κ3) is 6.41. The SMILES string of the molecule is CCN(CC)C(=S)SC(C)C(=O)Nc1ccc(OC(F)F)c(Cl)c1. The van der Waals surface area contributed by atoms with Crippen LogP contribution in [0.1, 0.15) is 20.8 Å². The number of hydrogen-bond acceptors (Lipinski definition) is 4. The smallest absolute Gasteiger partial charge is 0.387 e. The van der Waals surface area contributed by atoms with Crippen LogP contribution < -0.4 is 10.1 Å². The van der Waals surface area contributed by atoms with E-state index < -0.39 is 11.9 Å². The number of nitrogens with zero attached hydrogens (tertiary/aromatic N) is 1. The molecule has 0 spiro atoms. The number of carbonyl (C=O) groups is 1. The molecule has 1 atom stereocenters. The van der Waals surface area contributed by atoms with E-state index >= 15 is 0 Å². The zero-order chi connectivity index (χ0) is 18.3. The second kappa shape index (κ2) is 10.0. The number of benzene rings is 1. The van der Waals surface area contributed by atoms with Crippen molar-refractivity contribution in [3.63, 3.8) is 0 Å². The van der Waals surface area contributed by atoms with Crippen molar-refractivity contribution in [3.05, 3.63) is 23.2 Å². The first-order chi connectivity index (χ1) is 11.3. The minimum absolute atomic E-state index is 0.00734. The van der Waals surface area contributed by atoms with E-state index in [0.29, 0.717) is 10.0 Å². The lowest BCUT2D eigenvalue weighted by Gasteiger charge is -2.23. The van der Waals surface area contributed by atoms with Gasteiger partial charge < -0.3 is 15.0 Å². The first-order valence-corrected chi connectivity index (χ1v) is 8.95. The van der Waals surface area contributed by atoms with E-state index in [4.69, 9.17) is 23.8 Å². The Morgan fingerprint density at radius 3 is 2.54 bits per heavy atom. The van der Waals surface area contributed by atoms with Crippen LogP contribution in [0.15, 0.2) is 18.2 Å². The van der Waals surface area contributed by atoms with Gasteiger partial charge in [-0.1, -0.05) is 35.6 Å². The van der Waals surface area contributed by atoms with Crippen molar-refractivity contribution in [2.45, 2.75) is 32.6 Å². The van der Waals surface area contributed by atoms with Crippen LogP contribution in [0.3, 0.4) is 0 Å². The van der Waals surface area contributed by atoms with E-state index in [1.165, 1.54) is 30.0 Å². The van der Waals surface area contributed by atoms with Gasteiger partial charge in [-0.25, -0.2) is 0 Å². The van der Waals surface area contributed by atoms with E-state index in [9.17, 15) is 13.6 Å². The molecular weight excluding hydrogens is 378 g/mol. The van der Waals surface area contributed by atoms with Gasteiger partial charge >= 0.3 is 6.61 Å². The van der Waals surface area contributed by atoms with Gasteiger partial charge in [-0.05, 0) is 39.0 Å². The summed E-state index contributed by atoms with van der Waals surface area (Å²) in [4.78, 5) is 14.2. The van der Waals surface area contributed by atoms with E-state index in [-0.39, 0.29) is 16.7 Å². The molecule has 0 aliphatic heterocycles. The van der Waals surface area contributed by atoms with Crippen molar-refractivity contribution >= 4 is 51.5 Å². The van der Waals surface area contributed by atoms with Gasteiger partial charge in [0, 0.05) is 18.8 Å². The Kier molecular flexibility index (Phi) is 8.72. The fourth-order valence-corrected chi connectivity index (χ4v) is 3.57. The molecule has 0 radical (unpaired) electrons. The first-order valence-electron chi connectivity index (χ1n) is 7.29. The summed E-state index contributed by atoms with van der Waals surface area (Å²) in [6.07, 6.45) is 0. The third-order valence-electron chi connectivity index (χ3n) is 3.08. The lowest BCUT2D eigenvalue weighted by Crippen LogP contribution is -2.31. The number of amides is 1. The lowest BCUT2D eigenvalue weighted by atomic mass is 10.3. The van der Waals surface area contributed by atoms with Gasteiger partial charge in [-0.2, -0.15) is 8.78 Å². The maximum atomic E-state index is 12.2. The number of alkyl halides is 2. The molecule has 0 aliphatic carbocycles. The van der Waals surface area contributed by atoms with Gasteiger partial charge in [0.2, 0.25) is 5.91 Å². The average molecular weight is 397 g/mol. The molecule has 1 aromatic carbocycles. The molecule has 1 aromatic rings. The van der Waals surface area contributed by atoms with Crippen LogP contribution >= 0.6 is 35.6 Å².